The molecular weight excluding hydrogens is 298 g/mol. The van der Waals surface area contributed by atoms with Crippen molar-refractivity contribution in [3.05, 3.63) is 71.5 Å². The van der Waals surface area contributed by atoms with Crippen LogP contribution >= 0.6 is 0 Å². The van der Waals surface area contributed by atoms with Gasteiger partial charge < -0.3 is 16.0 Å². The third-order valence-electron chi connectivity index (χ3n) is 4.18. The van der Waals surface area contributed by atoms with E-state index in [0.29, 0.717) is 11.3 Å². The summed E-state index contributed by atoms with van der Waals surface area (Å²) in [6.07, 6.45) is 1.91. The van der Waals surface area contributed by atoms with Crippen LogP contribution in [0.4, 0.5) is 11.4 Å². The predicted octanol–water partition coefficient (Wildman–Crippen LogP) is 4.07. The summed E-state index contributed by atoms with van der Waals surface area (Å²) in [5.41, 5.74) is 13.1. The second-order valence-electron chi connectivity index (χ2n) is 5.96. The van der Waals surface area contributed by atoms with E-state index in [1.54, 1.807) is 0 Å². The van der Waals surface area contributed by atoms with Gasteiger partial charge in [0.2, 0.25) is 0 Å². The molecule has 0 spiro atoms. The molecule has 0 radical (unpaired) electrons. The van der Waals surface area contributed by atoms with Crippen molar-refractivity contribution in [1.29, 1.82) is 0 Å². The number of para-hydroxylation sites is 1. The summed E-state index contributed by atoms with van der Waals surface area (Å²) >= 11 is 0. The highest BCUT2D eigenvalue weighted by molar-refractivity contribution is 6.35. The highest BCUT2D eigenvalue weighted by Crippen LogP contribution is 2.35. The lowest BCUT2D eigenvalue weighted by Crippen LogP contribution is -2.03. The third kappa shape index (κ3) is 2.38. The van der Waals surface area contributed by atoms with Crippen molar-refractivity contribution in [3.63, 3.8) is 0 Å². The Labute approximate surface area is 140 Å². The zero-order valence-corrected chi connectivity index (χ0v) is 13.3. The van der Waals surface area contributed by atoms with Crippen LogP contribution in [0.5, 0.6) is 0 Å². The molecule has 0 fully saturated rings. The van der Waals surface area contributed by atoms with Crippen LogP contribution in [0.3, 0.4) is 0 Å². The molecule has 1 amide bonds. The Hall–Kier alpha value is -3.27. The lowest BCUT2D eigenvalue weighted by molar-refractivity contribution is -0.110. The Bertz CT molecular complexity index is 982. The Morgan fingerprint density at radius 2 is 1.83 bits per heavy atom. The van der Waals surface area contributed by atoms with Crippen molar-refractivity contribution in [2.75, 3.05) is 11.1 Å². The van der Waals surface area contributed by atoms with Crippen molar-refractivity contribution in [1.82, 2.24) is 4.98 Å². The Morgan fingerprint density at radius 1 is 1.00 bits per heavy atom. The first-order valence-electron chi connectivity index (χ1n) is 7.80. The zero-order chi connectivity index (χ0) is 16.7. The van der Waals surface area contributed by atoms with Crippen molar-refractivity contribution >= 4 is 28.9 Å². The number of aromatic nitrogens is 1. The number of aromatic amines is 1. The van der Waals surface area contributed by atoms with Gasteiger partial charge in [-0.15, -0.1) is 0 Å². The molecule has 4 heteroatoms. The maximum Gasteiger partial charge on any atom is 0.256 e. The van der Waals surface area contributed by atoms with E-state index in [0.717, 1.165) is 33.8 Å². The molecule has 0 aliphatic carbocycles. The Kier molecular flexibility index (Phi) is 3.24. The van der Waals surface area contributed by atoms with Gasteiger partial charge in [0.05, 0.1) is 5.57 Å². The van der Waals surface area contributed by atoms with Gasteiger partial charge in [0.1, 0.15) is 0 Å². The van der Waals surface area contributed by atoms with Crippen LogP contribution in [0.25, 0.3) is 22.8 Å². The molecule has 0 saturated carbocycles. The standard InChI is InChI=1S/C20H17N3O/c1-12-9-16(13-5-4-6-14(21)10-13)19(22-12)11-17-15-7-2-3-8-18(15)23-20(17)24/h2-11,22H,21H2,1H3,(H,23,24)/b17-11-. The first-order chi connectivity index (χ1) is 11.6. The van der Waals surface area contributed by atoms with Crippen LogP contribution in [0.2, 0.25) is 0 Å². The van der Waals surface area contributed by atoms with E-state index >= 15 is 0 Å². The number of fused-ring (bicyclic) bond motifs is 1. The molecule has 0 atom stereocenters. The van der Waals surface area contributed by atoms with Gasteiger partial charge in [-0.25, -0.2) is 0 Å². The minimum Gasteiger partial charge on any atom is -0.399 e. The van der Waals surface area contributed by atoms with E-state index in [-0.39, 0.29) is 5.91 Å². The fourth-order valence-corrected chi connectivity index (χ4v) is 3.10. The van der Waals surface area contributed by atoms with E-state index in [1.165, 1.54) is 0 Å². The van der Waals surface area contributed by atoms with Gasteiger partial charge in [0.15, 0.2) is 0 Å². The molecule has 24 heavy (non-hydrogen) atoms. The van der Waals surface area contributed by atoms with Crippen LogP contribution < -0.4 is 11.1 Å². The molecule has 4 rings (SSSR count). The van der Waals surface area contributed by atoms with Crippen molar-refractivity contribution in [3.8, 4) is 11.1 Å². The zero-order valence-electron chi connectivity index (χ0n) is 13.3. The summed E-state index contributed by atoms with van der Waals surface area (Å²) in [5.74, 6) is -0.0815. The van der Waals surface area contributed by atoms with E-state index in [1.807, 2.05) is 61.5 Å². The number of hydrogen-bond donors (Lipinski definition) is 3. The average Bonchev–Trinajstić information content (AvgIpc) is 3.08. The molecule has 1 aromatic heterocycles. The monoisotopic (exact) mass is 315 g/mol. The predicted molar refractivity (Wildman–Crippen MR) is 98.3 cm³/mol. The largest absolute Gasteiger partial charge is 0.399 e. The normalized spacial score (nSPS) is 14.7. The van der Waals surface area contributed by atoms with E-state index in [2.05, 4.69) is 16.4 Å². The summed E-state index contributed by atoms with van der Waals surface area (Å²) in [4.78, 5) is 15.7. The summed E-state index contributed by atoms with van der Waals surface area (Å²) < 4.78 is 0. The molecule has 1 aliphatic heterocycles. The van der Waals surface area contributed by atoms with Crippen molar-refractivity contribution in [2.24, 2.45) is 0 Å². The number of carbonyl (C=O) groups excluding carboxylic acids is 1. The number of nitrogens with one attached hydrogen (secondary N) is 2. The first kappa shape index (κ1) is 14.3. The topological polar surface area (TPSA) is 70.9 Å². The fourth-order valence-electron chi connectivity index (χ4n) is 3.10. The van der Waals surface area contributed by atoms with Gasteiger partial charge in [-0.3, -0.25) is 4.79 Å². The smallest absolute Gasteiger partial charge is 0.256 e. The molecule has 4 nitrogen and oxygen atoms in total. The molecule has 118 valence electrons. The first-order valence-corrected chi connectivity index (χ1v) is 7.80. The van der Waals surface area contributed by atoms with Crippen molar-refractivity contribution < 1.29 is 4.79 Å². The number of H-pyrrole nitrogens is 1. The van der Waals surface area contributed by atoms with E-state index in [9.17, 15) is 4.79 Å². The second kappa shape index (κ2) is 5.42. The minimum absolute atomic E-state index is 0.0815. The highest BCUT2D eigenvalue weighted by atomic mass is 16.2. The molecule has 3 aromatic rings. The number of amides is 1. The summed E-state index contributed by atoms with van der Waals surface area (Å²) in [6.45, 7) is 2.00. The van der Waals surface area contributed by atoms with Crippen LogP contribution in [-0.4, -0.2) is 10.9 Å². The molecule has 0 saturated heterocycles. The molecule has 0 unspecified atom stereocenters. The van der Waals surface area contributed by atoms with Gasteiger partial charge in [-0.2, -0.15) is 0 Å². The van der Waals surface area contributed by atoms with E-state index in [4.69, 9.17) is 5.73 Å². The summed E-state index contributed by atoms with van der Waals surface area (Å²) in [5, 5.41) is 2.90. The van der Waals surface area contributed by atoms with E-state index < -0.39 is 0 Å². The van der Waals surface area contributed by atoms with Gasteiger partial charge in [0, 0.05) is 33.9 Å². The molecule has 2 aromatic carbocycles. The van der Waals surface area contributed by atoms with Gasteiger partial charge in [-0.1, -0.05) is 30.3 Å². The maximum atomic E-state index is 12.3. The molecule has 0 bridgehead atoms. The fraction of sp³-hybridized carbons (Fsp3) is 0.0500. The SMILES string of the molecule is Cc1cc(-c2cccc(N)c2)c(/C=C2\C(=O)Nc3ccccc32)[nH]1. The third-order valence-corrected chi connectivity index (χ3v) is 4.18. The van der Waals surface area contributed by atoms with Gasteiger partial charge in [0.25, 0.3) is 5.91 Å². The van der Waals surface area contributed by atoms with Crippen LogP contribution in [-0.2, 0) is 4.79 Å². The number of nitrogen functional groups attached to an aromatic ring is 1. The highest BCUT2D eigenvalue weighted by Gasteiger charge is 2.24. The Balaban J connectivity index is 1.86. The number of carbonyl (C=O) groups is 1. The molecule has 2 heterocycles. The van der Waals surface area contributed by atoms with Gasteiger partial charge >= 0.3 is 0 Å². The quantitative estimate of drug-likeness (QED) is 0.493. The second-order valence-corrected chi connectivity index (χ2v) is 5.96. The Morgan fingerprint density at radius 3 is 2.67 bits per heavy atom. The molecular formula is C20H17N3O. The number of anilines is 2. The minimum atomic E-state index is -0.0815. The lowest BCUT2D eigenvalue weighted by Gasteiger charge is -2.03. The number of benzene rings is 2. The average molecular weight is 315 g/mol. The van der Waals surface area contributed by atoms with Crippen LogP contribution in [0.15, 0.2) is 54.6 Å². The number of nitrogens with two attached hydrogens (primary N) is 1. The molecule has 4 N–H and O–H groups in total. The van der Waals surface area contributed by atoms with Crippen LogP contribution in [0, 0.1) is 6.92 Å². The summed E-state index contributed by atoms with van der Waals surface area (Å²) in [7, 11) is 0. The van der Waals surface area contributed by atoms with Crippen LogP contribution in [0.1, 0.15) is 17.0 Å². The number of hydrogen-bond acceptors (Lipinski definition) is 2. The molecule has 1 aliphatic rings. The number of aryl methyl sites for hydroxylation is 1. The lowest BCUT2D eigenvalue weighted by atomic mass is 10.0. The van der Waals surface area contributed by atoms with Crippen molar-refractivity contribution in [2.45, 2.75) is 6.92 Å². The summed E-state index contributed by atoms with van der Waals surface area (Å²) in [6, 6.07) is 17.5. The van der Waals surface area contributed by atoms with Gasteiger partial charge in [-0.05, 0) is 42.8 Å². The maximum absolute atomic E-state index is 12.3. The number of rotatable bonds is 2.